The number of nitrogens with one attached hydrogen (secondary N) is 3. The molecule has 1 atom stereocenters. The van der Waals surface area contributed by atoms with Crippen molar-refractivity contribution in [2.75, 3.05) is 12.4 Å². The molecule has 0 aromatic heterocycles. The Labute approximate surface area is 173 Å². The van der Waals surface area contributed by atoms with E-state index in [9.17, 15) is 19.2 Å². The summed E-state index contributed by atoms with van der Waals surface area (Å²) in [6, 6.07) is 12.2. The molecule has 2 aliphatic rings. The van der Waals surface area contributed by atoms with Crippen LogP contribution < -0.4 is 16.0 Å². The second kappa shape index (κ2) is 8.08. The number of benzene rings is 2. The fourth-order valence-corrected chi connectivity index (χ4v) is 3.84. The van der Waals surface area contributed by atoms with Gasteiger partial charge in [0, 0.05) is 25.2 Å². The minimum Gasteiger partial charge on any atom is -0.381 e. The van der Waals surface area contributed by atoms with Crippen LogP contribution in [0.5, 0.6) is 0 Å². The summed E-state index contributed by atoms with van der Waals surface area (Å²) < 4.78 is 0. The first-order valence-corrected chi connectivity index (χ1v) is 9.80. The van der Waals surface area contributed by atoms with Crippen molar-refractivity contribution in [1.82, 2.24) is 15.5 Å². The number of amides is 4. The molecule has 1 fully saturated rings. The highest BCUT2D eigenvalue weighted by atomic mass is 16.2. The van der Waals surface area contributed by atoms with E-state index < -0.39 is 29.7 Å². The lowest BCUT2D eigenvalue weighted by atomic mass is 10.0. The van der Waals surface area contributed by atoms with Crippen LogP contribution in [0, 0.1) is 0 Å². The van der Waals surface area contributed by atoms with Crippen LogP contribution in [-0.2, 0) is 22.7 Å². The van der Waals surface area contributed by atoms with Crippen LogP contribution in [0.2, 0.25) is 0 Å². The fourth-order valence-electron chi connectivity index (χ4n) is 3.84. The Hall–Kier alpha value is -3.52. The molecule has 8 heteroatoms. The Morgan fingerprint density at radius 1 is 0.967 bits per heavy atom. The van der Waals surface area contributed by atoms with E-state index in [0.717, 1.165) is 17.0 Å². The number of anilines is 1. The molecule has 1 saturated heterocycles. The Balaban J connectivity index is 1.50. The molecule has 30 heavy (non-hydrogen) atoms. The van der Waals surface area contributed by atoms with E-state index in [2.05, 4.69) is 22.0 Å². The smallest absolute Gasteiger partial charge is 0.262 e. The molecule has 154 valence electrons. The Morgan fingerprint density at radius 3 is 2.43 bits per heavy atom. The van der Waals surface area contributed by atoms with E-state index in [1.54, 1.807) is 18.2 Å². The van der Waals surface area contributed by atoms with Crippen molar-refractivity contribution in [3.63, 3.8) is 0 Å². The summed E-state index contributed by atoms with van der Waals surface area (Å²) in [5.74, 6) is -2.02. The molecule has 2 aromatic carbocycles. The summed E-state index contributed by atoms with van der Waals surface area (Å²) in [5.41, 5.74) is 3.51. The van der Waals surface area contributed by atoms with Gasteiger partial charge >= 0.3 is 0 Å². The molecule has 0 spiro atoms. The maximum atomic E-state index is 12.9. The van der Waals surface area contributed by atoms with E-state index >= 15 is 0 Å². The van der Waals surface area contributed by atoms with Crippen LogP contribution in [0.1, 0.15) is 44.7 Å². The molecule has 0 bridgehead atoms. The van der Waals surface area contributed by atoms with Gasteiger partial charge < -0.3 is 10.6 Å². The first-order chi connectivity index (χ1) is 14.5. The SMILES string of the molecule is CNCc1cccc(CNc2ccc3c(c2)C(=O)N(C2CCC(=O)NC2=O)C3=O)c1. The number of fused-ring (bicyclic) bond motifs is 1. The molecule has 2 heterocycles. The van der Waals surface area contributed by atoms with Crippen molar-refractivity contribution in [2.24, 2.45) is 0 Å². The van der Waals surface area contributed by atoms with Crippen LogP contribution in [-0.4, -0.2) is 41.6 Å². The van der Waals surface area contributed by atoms with E-state index in [1.807, 2.05) is 25.2 Å². The van der Waals surface area contributed by atoms with Crippen molar-refractivity contribution in [3.05, 3.63) is 64.7 Å². The van der Waals surface area contributed by atoms with E-state index in [4.69, 9.17) is 0 Å². The van der Waals surface area contributed by atoms with Gasteiger partial charge in [-0.1, -0.05) is 24.3 Å². The van der Waals surface area contributed by atoms with Crippen molar-refractivity contribution in [2.45, 2.75) is 32.0 Å². The molecule has 0 aliphatic carbocycles. The predicted octanol–water partition coefficient (Wildman–Crippen LogP) is 1.42. The van der Waals surface area contributed by atoms with Crippen molar-refractivity contribution in [1.29, 1.82) is 0 Å². The van der Waals surface area contributed by atoms with E-state index in [0.29, 0.717) is 12.2 Å². The lowest BCUT2D eigenvalue weighted by Crippen LogP contribution is -2.54. The number of rotatable bonds is 6. The lowest BCUT2D eigenvalue weighted by Gasteiger charge is -2.27. The normalized spacial score (nSPS) is 18.4. The highest BCUT2D eigenvalue weighted by molar-refractivity contribution is 6.23. The Bertz CT molecular complexity index is 1050. The van der Waals surface area contributed by atoms with E-state index in [1.165, 1.54) is 5.56 Å². The third kappa shape index (κ3) is 3.69. The number of carbonyl (C=O) groups excluding carboxylic acids is 4. The highest BCUT2D eigenvalue weighted by Crippen LogP contribution is 2.29. The minimum absolute atomic E-state index is 0.100. The first-order valence-electron chi connectivity index (χ1n) is 9.80. The standard InChI is InChI=1S/C22H22N4O4/c1-23-11-13-3-2-4-14(9-13)12-24-15-5-6-16-17(10-15)22(30)26(21(16)29)18-7-8-19(27)25-20(18)28/h2-6,9-10,18,23-24H,7-8,11-12H2,1H3,(H,25,27,28). The Morgan fingerprint density at radius 2 is 1.70 bits per heavy atom. The van der Waals surface area contributed by atoms with Crippen LogP contribution in [0.25, 0.3) is 0 Å². The van der Waals surface area contributed by atoms with Gasteiger partial charge in [0.1, 0.15) is 6.04 Å². The third-order valence-corrected chi connectivity index (χ3v) is 5.31. The second-order valence-corrected chi connectivity index (χ2v) is 7.41. The molecule has 2 aromatic rings. The fraction of sp³-hybridized carbons (Fsp3) is 0.273. The first kappa shape index (κ1) is 19.8. The van der Waals surface area contributed by atoms with Gasteiger partial charge in [0.2, 0.25) is 11.8 Å². The minimum atomic E-state index is -0.957. The topological polar surface area (TPSA) is 108 Å². The van der Waals surface area contributed by atoms with Crippen LogP contribution in [0.15, 0.2) is 42.5 Å². The zero-order chi connectivity index (χ0) is 21.3. The number of hydrogen-bond acceptors (Lipinski definition) is 6. The molecule has 4 amide bonds. The summed E-state index contributed by atoms with van der Waals surface area (Å²) in [7, 11) is 1.89. The van der Waals surface area contributed by atoms with Gasteiger partial charge in [-0.2, -0.15) is 0 Å². The van der Waals surface area contributed by atoms with Gasteiger partial charge in [-0.25, -0.2) is 0 Å². The molecule has 1 unspecified atom stereocenters. The van der Waals surface area contributed by atoms with Crippen molar-refractivity contribution >= 4 is 29.3 Å². The second-order valence-electron chi connectivity index (χ2n) is 7.41. The monoisotopic (exact) mass is 406 g/mol. The van der Waals surface area contributed by atoms with Gasteiger partial charge in [0.15, 0.2) is 0 Å². The zero-order valence-corrected chi connectivity index (χ0v) is 16.5. The van der Waals surface area contributed by atoms with Gasteiger partial charge in [0.25, 0.3) is 11.8 Å². The molecule has 3 N–H and O–H groups in total. The van der Waals surface area contributed by atoms with Crippen molar-refractivity contribution < 1.29 is 19.2 Å². The maximum Gasteiger partial charge on any atom is 0.262 e. The number of carbonyl (C=O) groups is 4. The molecule has 2 aliphatic heterocycles. The van der Waals surface area contributed by atoms with Gasteiger partial charge in [-0.05, 0) is 42.8 Å². The average molecular weight is 406 g/mol. The third-order valence-electron chi connectivity index (χ3n) is 5.31. The molecular weight excluding hydrogens is 384 g/mol. The molecule has 8 nitrogen and oxygen atoms in total. The number of hydrogen-bond donors (Lipinski definition) is 3. The van der Waals surface area contributed by atoms with E-state index in [-0.39, 0.29) is 24.0 Å². The number of piperidine rings is 1. The number of imide groups is 2. The van der Waals surface area contributed by atoms with Crippen LogP contribution in [0.4, 0.5) is 5.69 Å². The van der Waals surface area contributed by atoms with Gasteiger partial charge in [0.05, 0.1) is 11.1 Å². The summed E-state index contributed by atoms with van der Waals surface area (Å²) in [6.45, 7) is 1.34. The quantitative estimate of drug-likeness (QED) is 0.627. The summed E-state index contributed by atoms with van der Waals surface area (Å²) >= 11 is 0. The molecular formula is C22H22N4O4. The largest absolute Gasteiger partial charge is 0.381 e. The van der Waals surface area contributed by atoms with Gasteiger partial charge in [-0.3, -0.25) is 29.4 Å². The molecule has 4 rings (SSSR count). The number of nitrogens with zero attached hydrogens (tertiary/aromatic N) is 1. The average Bonchev–Trinajstić information content (AvgIpc) is 2.97. The molecule has 0 saturated carbocycles. The predicted molar refractivity (Wildman–Crippen MR) is 110 cm³/mol. The summed E-state index contributed by atoms with van der Waals surface area (Å²) in [6.07, 6.45) is 0.243. The lowest BCUT2D eigenvalue weighted by molar-refractivity contribution is -0.136. The van der Waals surface area contributed by atoms with Gasteiger partial charge in [-0.15, -0.1) is 0 Å². The maximum absolute atomic E-state index is 12.9. The summed E-state index contributed by atoms with van der Waals surface area (Å²) in [5, 5.41) is 8.59. The zero-order valence-electron chi connectivity index (χ0n) is 16.5. The summed E-state index contributed by atoms with van der Waals surface area (Å²) in [4.78, 5) is 50.1. The highest BCUT2D eigenvalue weighted by Gasteiger charge is 2.44. The van der Waals surface area contributed by atoms with Crippen LogP contribution >= 0.6 is 0 Å². The molecule has 0 radical (unpaired) electrons. The van der Waals surface area contributed by atoms with Crippen LogP contribution in [0.3, 0.4) is 0 Å². The van der Waals surface area contributed by atoms with Crippen molar-refractivity contribution in [3.8, 4) is 0 Å². The Kier molecular flexibility index (Phi) is 5.33.